The number of anilines is 4. The van der Waals surface area contributed by atoms with Crippen molar-refractivity contribution in [3.05, 3.63) is 66.7 Å². The third-order valence-corrected chi connectivity index (χ3v) is 7.05. The number of amides is 2. The first kappa shape index (κ1) is 24.2. The number of rotatable bonds is 8. The average Bonchev–Trinajstić information content (AvgIpc) is 3.39. The van der Waals surface area contributed by atoms with Gasteiger partial charge in [0.25, 0.3) is 10.0 Å². The van der Waals surface area contributed by atoms with Gasteiger partial charge in [0.2, 0.25) is 0 Å². The van der Waals surface area contributed by atoms with Gasteiger partial charge < -0.3 is 25.0 Å². The van der Waals surface area contributed by atoms with E-state index in [9.17, 15) is 13.2 Å². The number of ether oxygens (including phenoxy) is 2. The molecule has 1 aliphatic rings. The highest BCUT2D eigenvalue weighted by Crippen LogP contribution is 2.33. The summed E-state index contributed by atoms with van der Waals surface area (Å²) in [5, 5.41) is 5.59. The maximum atomic E-state index is 13.1. The predicted octanol–water partition coefficient (Wildman–Crippen LogP) is 4.75. The first-order chi connectivity index (χ1) is 16.9. The number of methoxy groups -OCH3 is 2. The molecule has 1 fully saturated rings. The van der Waals surface area contributed by atoms with Crippen LogP contribution in [0.25, 0.3) is 0 Å². The van der Waals surface area contributed by atoms with Crippen LogP contribution in [-0.4, -0.2) is 41.8 Å². The van der Waals surface area contributed by atoms with Gasteiger partial charge in [-0.15, -0.1) is 0 Å². The molecule has 3 aromatic carbocycles. The van der Waals surface area contributed by atoms with Crippen molar-refractivity contribution in [1.82, 2.24) is 0 Å². The third-order valence-electron chi connectivity index (χ3n) is 5.67. The van der Waals surface area contributed by atoms with E-state index < -0.39 is 16.1 Å². The van der Waals surface area contributed by atoms with E-state index in [2.05, 4.69) is 20.3 Å². The van der Waals surface area contributed by atoms with Crippen molar-refractivity contribution in [3.8, 4) is 11.5 Å². The topological polar surface area (TPSA) is 109 Å². The zero-order valence-electron chi connectivity index (χ0n) is 19.6. The fraction of sp³-hybridized carbons (Fsp3) is 0.240. The Hall–Kier alpha value is -3.92. The van der Waals surface area contributed by atoms with Crippen LogP contribution in [0, 0.1) is 0 Å². The van der Waals surface area contributed by atoms with Crippen LogP contribution in [0.3, 0.4) is 0 Å². The zero-order valence-corrected chi connectivity index (χ0v) is 20.4. The third kappa shape index (κ3) is 5.78. The molecule has 1 heterocycles. The number of carbonyl (C=O) groups excluding carboxylic acids is 1. The molecule has 35 heavy (non-hydrogen) atoms. The van der Waals surface area contributed by atoms with E-state index in [1.807, 2.05) is 0 Å². The van der Waals surface area contributed by atoms with Crippen LogP contribution in [0.15, 0.2) is 71.6 Å². The maximum absolute atomic E-state index is 13.1. The zero-order chi connectivity index (χ0) is 24.8. The number of carbonyl (C=O) groups is 1. The van der Waals surface area contributed by atoms with Crippen molar-refractivity contribution in [2.45, 2.75) is 17.7 Å². The van der Waals surface area contributed by atoms with E-state index in [4.69, 9.17) is 9.47 Å². The molecule has 0 spiro atoms. The number of para-hydroxylation sites is 2. The van der Waals surface area contributed by atoms with Crippen LogP contribution in [0.5, 0.6) is 11.5 Å². The molecule has 0 radical (unpaired) electrons. The molecule has 10 heteroatoms. The molecular weight excluding hydrogens is 468 g/mol. The second-order valence-corrected chi connectivity index (χ2v) is 9.67. The number of nitrogens with zero attached hydrogens (tertiary/aromatic N) is 1. The van der Waals surface area contributed by atoms with Gasteiger partial charge in [-0.1, -0.05) is 12.1 Å². The highest BCUT2D eigenvalue weighted by atomic mass is 32.2. The summed E-state index contributed by atoms with van der Waals surface area (Å²) in [6.45, 7) is 1.66. The fourth-order valence-electron chi connectivity index (χ4n) is 3.91. The lowest BCUT2D eigenvalue weighted by molar-refractivity contribution is 0.262. The number of hydrogen-bond acceptors (Lipinski definition) is 6. The summed E-state index contributed by atoms with van der Waals surface area (Å²) in [6.07, 6.45) is 2.07. The lowest BCUT2D eigenvalue weighted by Crippen LogP contribution is -2.24. The molecule has 0 aliphatic carbocycles. The van der Waals surface area contributed by atoms with E-state index >= 15 is 0 Å². The molecule has 0 bridgehead atoms. The van der Waals surface area contributed by atoms with Gasteiger partial charge >= 0.3 is 6.03 Å². The second kappa shape index (κ2) is 10.6. The minimum atomic E-state index is -3.90. The second-order valence-electron chi connectivity index (χ2n) is 7.99. The molecule has 3 N–H and O–H groups in total. The van der Waals surface area contributed by atoms with Crippen LogP contribution >= 0.6 is 0 Å². The molecule has 0 atom stereocenters. The van der Waals surface area contributed by atoms with Gasteiger partial charge in [-0.2, -0.15) is 0 Å². The fourth-order valence-corrected chi connectivity index (χ4v) is 5.00. The van der Waals surface area contributed by atoms with Gasteiger partial charge in [0, 0.05) is 18.8 Å². The smallest absolute Gasteiger partial charge is 0.323 e. The van der Waals surface area contributed by atoms with Crippen molar-refractivity contribution in [2.24, 2.45) is 0 Å². The summed E-state index contributed by atoms with van der Waals surface area (Å²) < 4.78 is 39.2. The quantitative estimate of drug-likeness (QED) is 0.415. The SMILES string of the molecule is COc1ccc(NS(=O)(=O)c2ccc(N3CCCC3)c(NC(=O)Nc3ccccc3OC)c2)cc1. The van der Waals surface area contributed by atoms with Crippen molar-refractivity contribution >= 4 is 38.8 Å². The van der Waals surface area contributed by atoms with Crippen LogP contribution in [0.1, 0.15) is 12.8 Å². The normalized spacial score (nSPS) is 13.3. The number of hydrogen-bond donors (Lipinski definition) is 3. The standard InChI is InChI=1S/C25H28N4O5S/c1-33-19-11-9-18(10-12-19)28-35(31,32)20-13-14-23(29-15-5-6-16-29)22(17-20)27-25(30)26-21-7-3-4-8-24(21)34-2/h3-4,7-14,17,28H,5-6,15-16H2,1-2H3,(H2,26,27,30). The first-order valence-corrected chi connectivity index (χ1v) is 12.6. The van der Waals surface area contributed by atoms with Crippen molar-refractivity contribution in [1.29, 1.82) is 0 Å². The van der Waals surface area contributed by atoms with Gasteiger partial charge in [0.1, 0.15) is 11.5 Å². The molecular formula is C25H28N4O5S. The maximum Gasteiger partial charge on any atom is 0.323 e. The predicted molar refractivity (Wildman–Crippen MR) is 137 cm³/mol. The first-order valence-electron chi connectivity index (χ1n) is 11.2. The van der Waals surface area contributed by atoms with Crippen molar-refractivity contribution in [3.63, 3.8) is 0 Å². The summed E-state index contributed by atoms with van der Waals surface area (Å²) in [5.74, 6) is 1.14. The summed E-state index contributed by atoms with van der Waals surface area (Å²) in [5.41, 5.74) is 2.07. The molecule has 3 aromatic rings. The molecule has 4 rings (SSSR count). The van der Waals surface area contributed by atoms with Gasteiger partial charge in [-0.25, -0.2) is 13.2 Å². The summed E-state index contributed by atoms with van der Waals surface area (Å²) in [4.78, 5) is 15.0. The highest BCUT2D eigenvalue weighted by Gasteiger charge is 2.22. The Labute approximate surface area is 205 Å². The Morgan fingerprint density at radius 1 is 0.857 bits per heavy atom. The van der Waals surface area contributed by atoms with E-state index in [-0.39, 0.29) is 4.90 Å². The molecule has 9 nitrogen and oxygen atoms in total. The minimum Gasteiger partial charge on any atom is -0.497 e. The van der Waals surface area contributed by atoms with Gasteiger partial charge in [0.15, 0.2) is 0 Å². The van der Waals surface area contributed by atoms with E-state index in [0.29, 0.717) is 28.6 Å². The van der Waals surface area contributed by atoms with Gasteiger partial charge in [-0.3, -0.25) is 4.72 Å². The number of urea groups is 1. The molecule has 0 aromatic heterocycles. The van der Waals surface area contributed by atoms with E-state index in [1.165, 1.54) is 13.2 Å². The summed E-state index contributed by atoms with van der Waals surface area (Å²) in [6, 6.07) is 17.9. The summed E-state index contributed by atoms with van der Waals surface area (Å²) >= 11 is 0. The van der Waals surface area contributed by atoms with Crippen molar-refractivity contribution in [2.75, 3.05) is 47.6 Å². The van der Waals surface area contributed by atoms with Crippen LogP contribution in [0.2, 0.25) is 0 Å². The molecule has 2 amide bonds. The van der Waals surface area contributed by atoms with Gasteiger partial charge in [0.05, 0.1) is 36.2 Å². The minimum absolute atomic E-state index is 0.0313. The lowest BCUT2D eigenvalue weighted by Gasteiger charge is -2.23. The van der Waals surface area contributed by atoms with E-state index in [1.54, 1.807) is 67.8 Å². The van der Waals surface area contributed by atoms with Crippen LogP contribution in [-0.2, 0) is 10.0 Å². The molecule has 0 saturated carbocycles. The molecule has 1 aliphatic heterocycles. The van der Waals surface area contributed by atoms with E-state index in [0.717, 1.165) is 31.6 Å². The van der Waals surface area contributed by atoms with Crippen LogP contribution < -0.4 is 29.7 Å². The molecule has 1 saturated heterocycles. The highest BCUT2D eigenvalue weighted by molar-refractivity contribution is 7.92. The van der Waals surface area contributed by atoms with Crippen molar-refractivity contribution < 1.29 is 22.7 Å². The Morgan fingerprint density at radius 2 is 1.54 bits per heavy atom. The van der Waals surface area contributed by atoms with Crippen LogP contribution in [0.4, 0.5) is 27.5 Å². The number of nitrogens with one attached hydrogen (secondary N) is 3. The number of sulfonamides is 1. The monoisotopic (exact) mass is 496 g/mol. The number of benzene rings is 3. The van der Waals surface area contributed by atoms with Gasteiger partial charge in [-0.05, 0) is 67.4 Å². The Kier molecular flexibility index (Phi) is 7.31. The molecule has 184 valence electrons. The summed E-state index contributed by atoms with van der Waals surface area (Å²) in [7, 11) is -0.839. The Bertz CT molecular complexity index is 1290. The molecule has 0 unspecified atom stereocenters. The Morgan fingerprint density at radius 3 is 2.23 bits per heavy atom. The largest absolute Gasteiger partial charge is 0.497 e. The average molecular weight is 497 g/mol. The Balaban J connectivity index is 1.60. The lowest BCUT2D eigenvalue weighted by atomic mass is 10.2.